The molecule has 1 aromatic rings. The van der Waals surface area contributed by atoms with Crippen LogP contribution in [0.5, 0.6) is 5.75 Å². The largest absolute Gasteiger partial charge is 0.494 e. The molecule has 0 radical (unpaired) electrons. The van der Waals surface area contributed by atoms with Crippen LogP contribution in [-0.2, 0) is 10.0 Å². The molecule has 1 aliphatic heterocycles. The summed E-state index contributed by atoms with van der Waals surface area (Å²) in [6.07, 6.45) is 1.78. The van der Waals surface area contributed by atoms with E-state index in [1.54, 1.807) is 31.3 Å². The Morgan fingerprint density at radius 1 is 1.35 bits per heavy atom. The number of sulfonamides is 1. The summed E-state index contributed by atoms with van der Waals surface area (Å²) in [5, 5.41) is 3.18. The molecule has 0 saturated carbocycles. The van der Waals surface area contributed by atoms with Crippen molar-refractivity contribution in [1.29, 1.82) is 0 Å². The second-order valence-corrected chi connectivity index (χ2v) is 6.99. The number of hydrogen-bond acceptors (Lipinski definition) is 4. The SMILES string of the molecule is CCCOc1ccc(S(=O)(=O)N(C)C2CCNC2)cc1. The summed E-state index contributed by atoms with van der Waals surface area (Å²) in [6.45, 7) is 4.25. The van der Waals surface area contributed by atoms with Gasteiger partial charge in [0.15, 0.2) is 0 Å². The van der Waals surface area contributed by atoms with Gasteiger partial charge in [-0.25, -0.2) is 8.42 Å². The summed E-state index contributed by atoms with van der Waals surface area (Å²) in [5.74, 6) is 0.705. The molecule has 1 N–H and O–H groups in total. The molecular weight excluding hydrogens is 276 g/mol. The van der Waals surface area contributed by atoms with E-state index in [2.05, 4.69) is 5.32 Å². The Hall–Kier alpha value is -1.11. The monoisotopic (exact) mass is 298 g/mol. The second-order valence-electron chi connectivity index (χ2n) is 4.99. The number of rotatable bonds is 6. The molecule has 1 atom stereocenters. The van der Waals surface area contributed by atoms with Crippen molar-refractivity contribution in [3.8, 4) is 5.75 Å². The average Bonchev–Trinajstić information content (AvgIpc) is 2.98. The lowest BCUT2D eigenvalue weighted by molar-refractivity contribution is 0.317. The molecule has 0 amide bonds. The minimum absolute atomic E-state index is 0.0380. The topological polar surface area (TPSA) is 58.6 Å². The molecule has 1 heterocycles. The molecule has 112 valence electrons. The molecular formula is C14H22N2O3S. The van der Waals surface area contributed by atoms with Crippen molar-refractivity contribution in [2.75, 3.05) is 26.7 Å². The van der Waals surface area contributed by atoms with Crippen molar-refractivity contribution < 1.29 is 13.2 Å². The lowest BCUT2D eigenvalue weighted by Gasteiger charge is -2.23. The molecule has 1 unspecified atom stereocenters. The van der Waals surface area contributed by atoms with E-state index in [4.69, 9.17) is 4.74 Å². The third-order valence-corrected chi connectivity index (χ3v) is 5.45. The van der Waals surface area contributed by atoms with E-state index in [1.807, 2.05) is 6.92 Å². The van der Waals surface area contributed by atoms with Gasteiger partial charge in [0.05, 0.1) is 11.5 Å². The summed E-state index contributed by atoms with van der Waals surface area (Å²) >= 11 is 0. The molecule has 5 nitrogen and oxygen atoms in total. The minimum atomic E-state index is -3.42. The highest BCUT2D eigenvalue weighted by molar-refractivity contribution is 7.89. The summed E-state index contributed by atoms with van der Waals surface area (Å²) in [7, 11) is -1.77. The van der Waals surface area contributed by atoms with Crippen LogP contribution < -0.4 is 10.1 Å². The summed E-state index contributed by atoms with van der Waals surface area (Å²) in [5.41, 5.74) is 0. The molecule has 0 spiro atoms. The standard InChI is InChI=1S/C14H22N2O3S/c1-3-10-19-13-4-6-14(7-5-13)20(17,18)16(2)12-8-9-15-11-12/h4-7,12,15H,3,8-11H2,1-2H3. The molecule has 0 bridgehead atoms. The Morgan fingerprint density at radius 3 is 2.60 bits per heavy atom. The molecule has 1 aromatic carbocycles. The third kappa shape index (κ3) is 3.31. The van der Waals surface area contributed by atoms with E-state index in [0.717, 1.165) is 19.4 Å². The van der Waals surface area contributed by atoms with Crippen molar-refractivity contribution >= 4 is 10.0 Å². The molecule has 1 fully saturated rings. The second kappa shape index (κ2) is 6.56. The van der Waals surface area contributed by atoms with E-state index < -0.39 is 10.0 Å². The van der Waals surface area contributed by atoms with Crippen molar-refractivity contribution in [2.24, 2.45) is 0 Å². The zero-order valence-electron chi connectivity index (χ0n) is 12.0. The third-order valence-electron chi connectivity index (χ3n) is 3.52. The van der Waals surface area contributed by atoms with E-state index in [-0.39, 0.29) is 6.04 Å². The van der Waals surface area contributed by atoms with Crippen molar-refractivity contribution in [3.63, 3.8) is 0 Å². The van der Waals surface area contributed by atoms with Gasteiger partial charge in [-0.1, -0.05) is 6.92 Å². The molecule has 6 heteroatoms. The van der Waals surface area contributed by atoms with Crippen LogP contribution in [0.3, 0.4) is 0 Å². The van der Waals surface area contributed by atoms with Gasteiger partial charge in [0.2, 0.25) is 10.0 Å². The predicted molar refractivity (Wildman–Crippen MR) is 78.5 cm³/mol. The smallest absolute Gasteiger partial charge is 0.243 e. The first kappa shape index (κ1) is 15.3. The van der Waals surface area contributed by atoms with Gasteiger partial charge in [-0.3, -0.25) is 0 Å². The van der Waals surface area contributed by atoms with E-state index in [0.29, 0.717) is 23.8 Å². The van der Waals surface area contributed by atoms with Crippen LogP contribution >= 0.6 is 0 Å². The summed E-state index contributed by atoms with van der Waals surface area (Å²) in [4.78, 5) is 0.316. The van der Waals surface area contributed by atoms with Crippen LogP contribution in [-0.4, -0.2) is 45.5 Å². The fraction of sp³-hybridized carbons (Fsp3) is 0.571. The summed E-state index contributed by atoms with van der Waals surface area (Å²) < 4.78 is 31.9. The van der Waals surface area contributed by atoms with E-state index >= 15 is 0 Å². The van der Waals surface area contributed by atoms with Crippen molar-refractivity contribution in [2.45, 2.75) is 30.7 Å². The fourth-order valence-corrected chi connectivity index (χ4v) is 3.63. The maximum atomic E-state index is 12.5. The van der Waals surface area contributed by atoms with Gasteiger partial charge in [0.1, 0.15) is 5.75 Å². The Balaban J connectivity index is 2.12. The van der Waals surface area contributed by atoms with Crippen LogP contribution in [0, 0.1) is 0 Å². The van der Waals surface area contributed by atoms with Gasteiger partial charge in [-0.05, 0) is 43.7 Å². The van der Waals surface area contributed by atoms with Crippen LogP contribution in [0.25, 0.3) is 0 Å². The fourth-order valence-electron chi connectivity index (χ4n) is 2.24. The van der Waals surface area contributed by atoms with Gasteiger partial charge in [0, 0.05) is 19.6 Å². The van der Waals surface area contributed by atoms with E-state index in [9.17, 15) is 8.42 Å². The number of ether oxygens (including phenoxy) is 1. The number of hydrogen-bond donors (Lipinski definition) is 1. The number of nitrogens with zero attached hydrogens (tertiary/aromatic N) is 1. The zero-order valence-corrected chi connectivity index (χ0v) is 12.8. The molecule has 2 rings (SSSR count). The lowest BCUT2D eigenvalue weighted by atomic mass is 10.3. The first-order valence-electron chi connectivity index (χ1n) is 6.97. The Kier molecular flexibility index (Phi) is 5.01. The van der Waals surface area contributed by atoms with Crippen LogP contribution in [0.15, 0.2) is 29.2 Å². The maximum absolute atomic E-state index is 12.5. The Labute approximate surface area is 121 Å². The normalized spacial score (nSPS) is 19.4. The van der Waals surface area contributed by atoms with Crippen molar-refractivity contribution in [1.82, 2.24) is 9.62 Å². The van der Waals surface area contributed by atoms with Gasteiger partial charge in [0.25, 0.3) is 0 Å². The average molecular weight is 298 g/mol. The molecule has 1 aliphatic rings. The predicted octanol–water partition coefficient (Wildman–Crippen LogP) is 1.46. The highest BCUT2D eigenvalue weighted by atomic mass is 32.2. The number of nitrogens with one attached hydrogen (secondary N) is 1. The van der Waals surface area contributed by atoms with Gasteiger partial charge in [-0.15, -0.1) is 0 Å². The van der Waals surface area contributed by atoms with Gasteiger partial charge < -0.3 is 10.1 Å². The Morgan fingerprint density at radius 2 is 2.05 bits per heavy atom. The highest BCUT2D eigenvalue weighted by Crippen LogP contribution is 2.21. The van der Waals surface area contributed by atoms with Crippen LogP contribution in [0.2, 0.25) is 0 Å². The quantitative estimate of drug-likeness (QED) is 0.864. The van der Waals surface area contributed by atoms with Gasteiger partial charge in [-0.2, -0.15) is 4.31 Å². The van der Waals surface area contributed by atoms with Crippen LogP contribution in [0.1, 0.15) is 19.8 Å². The Bertz CT molecular complexity index is 522. The minimum Gasteiger partial charge on any atom is -0.494 e. The first-order valence-corrected chi connectivity index (χ1v) is 8.41. The molecule has 1 saturated heterocycles. The van der Waals surface area contributed by atoms with Crippen molar-refractivity contribution in [3.05, 3.63) is 24.3 Å². The highest BCUT2D eigenvalue weighted by Gasteiger charge is 2.29. The number of benzene rings is 1. The maximum Gasteiger partial charge on any atom is 0.243 e. The lowest BCUT2D eigenvalue weighted by Crippen LogP contribution is -2.38. The molecule has 20 heavy (non-hydrogen) atoms. The zero-order chi connectivity index (χ0) is 14.6. The number of likely N-dealkylation sites (N-methyl/N-ethyl adjacent to an activating group) is 1. The van der Waals surface area contributed by atoms with E-state index in [1.165, 1.54) is 4.31 Å². The summed E-state index contributed by atoms with van der Waals surface area (Å²) in [6, 6.07) is 6.68. The molecule has 0 aliphatic carbocycles. The molecule has 0 aromatic heterocycles. The van der Waals surface area contributed by atoms with Crippen LogP contribution in [0.4, 0.5) is 0 Å². The van der Waals surface area contributed by atoms with Gasteiger partial charge >= 0.3 is 0 Å². The first-order chi connectivity index (χ1) is 9.55.